The fourth-order valence-corrected chi connectivity index (χ4v) is 3.17. The lowest BCUT2D eigenvalue weighted by Gasteiger charge is -2.16. The molecule has 2 rings (SSSR count). The van der Waals surface area contributed by atoms with Crippen molar-refractivity contribution in [2.45, 2.75) is 11.7 Å². The van der Waals surface area contributed by atoms with E-state index in [-0.39, 0.29) is 29.8 Å². The Labute approximate surface area is 121 Å². The van der Waals surface area contributed by atoms with Gasteiger partial charge in [-0.25, -0.2) is 18.4 Å². The van der Waals surface area contributed by atoms with Crippen molar-refractivity contribution in [3.63, 3.8) is 0 Å². The molecule has 0 saturated carbocycles. The minimum absolute atomic E-state index is 0.0450. The first-order valence-corrected chi connectivity index (χ1v) is 8.25. The molecule has 1 saturated heterocycles. The third-order valence-electron chi connectivity index (χ3n) is 2.47. The van der Waals surface area contributed by atoms with Crippen molar-refractivity contribution in [2.24, 2.45) is 0 Å². The normalized spacial score (nSPS) is 20.5. The molecule has 1 amide bonds. The topological polar surface area (TPSA) is 80.2 Å². The largest absolute Gasteiger partial charge is 0.294 e. The average Bonchev–Trinajstić information content (AvgIpc) is 2.64. The maximum atomic E-state index is 11.8. The smallest absolute Gasteiger partial charge is 0.237 e. The van der Waals surface area contributed by atoms with Crippen LogP contribution in [0.1, 0.15) is 6.42 Å². The molecule has 1 unspecified atom stereocenters. The Morgan fingerprint density at radius 1 is 1.44 bits per heavy atom. The minimum Gasteiger partial charge on any atom is -0.294 e. The molecule has 1 atom stereocenters. The van der Waals surface area contributed by atoms with Crippen molar-refractivity contribution < 1.29 is 13.2 Å². The Bertz CT molecular complexity index is 610. The number of anilines is 1. The molecule has 0 spiro atoms. The summed E-state index contributed by atoms with van der Waals surface area (Å²) >= 11 is 8.94. The molecular formula is C8H6BrCl2N3O3S. The van der Waals surface area contributed by atoms with Gasteiger partial charge in [-0.2, -0.15) is 0 Å². The number of amides is 1. The van der Waals surface area contributed by atoms with E-state index in [1.807, 2.05) is 0 Å². The molecule has 98 valence electrons. The van der Waals surface area contributed by atoms with Gasteiger partial charge in [0, 0.05) is 23.6 Å². The van der Waals surface area contributed by atoms with Crippen molar-refractivity contribution in [1.29, 1.82) is 0 Å². The van der Waals surface area contributed by atoms with Crippen LogP contribution in [-0.4, -0.2) is 36.1 Å². The average molecular weight is 375 g/mol. The molecule has 18 heavy (non-hydrogen) atoms. The summed E-state index contributed by atoms with van der Waals surface area (Å²) in [6, 6.07) is 0. The predicted molar refractivity (Wildman–Crippen MR) is 70.3 cm³/mol. The predicted octanol–water partition coefficient (Wildman–Crippen LogP) is 1.57. The fraction of sp³-hybridized carbons (Fsp3) is 0.375. The Morgan fingerprint density at radius 3 is 2.67 bits per heavy atom. The van der Waals surface area contributed by atoms with Gasteiger partial charge in [0.1, 0.15) is 16.7 Å². The van der Waals surface area contributed by atoms with Gasteiger partial charge < -0.3 is 0 Å². The van der Waals surface area contributed by atoms with Crippen LogP contribution >= 0.6 is 38.2 Å². The molecule has 1 aromatic heterocycles. The Kier molecular flexibility index (Phi) is 3.82. The van der Waals surface area contributed by atoms with Crippen LogP contribution in [0.4, 0.5) is 5.82 Å². The summed E-state index contributed by atoms with van der Waals surface area (Å²) in [6.07, 6.45) is 1.03. The lowest BCUT2D eigenvalue weighted by Crippen LogP contribution is -2.28. The van der Waals surface area contributed by atoms with Gasteiger partial charge in [0.05, 0.1) is 4.47 Å². The van der Waals surface area contributed by atoms with Crippen LogP contribution in [-0.2, 0) is 13.8 Å². The van der Waals surface area contributed by atoms with E-state index in [1.165, 1.54) is 11.2 Å². The van der Waals surface area contributed by atoms with E-state index < -0.39 is 14.3 Å². The molecule has 1 aromatic rings. The molecule has 0 aliphatic carbocycles. The number of rotatable bonds is 2. The molecule has 0 aromatic carbocycles. The van der Waals surface area contributed by atoms with Crippen molar-refractivity contribution in [3.05, 3.63) is 16.0 Å². The second kappa shape index (κ2) is 4.92. The van der Waals surface area contributed by atoms with E-state index in [4.69, 9.17) is 22.3 Å². The highest BCUT2D eigenvalue weighted by Crippen LogP contribution is 2.33. The third kappa shape index (κ3) is 2.61. The summed E-state index contributed by atoms with van der Waals surface area (Å²) in [5, 5.41) is -0.794. The lowest BCUT2D eigenvalue weighted by molar-refractivity contribution is -0.117. The number of hydrogen-bond acceptors (Lipinski definition) is 5. The van der Waals surface area contributed by atoms with Gasteiger partial charge in [-0.1, -0.05) is 11.6 Å². The van der Waals surface area contributed by atoms with Crippen LogP contribution in [0.5, 0.6) is 0 Å². The maximum Gasteiger partial charge on any atom is 0.237 e. The number of carbonyl (C=O) groups excluding carboxylic acids is 1. The summed E-state index contributed by atoms with van der Waals surface area (Å²) in [5.74, 6) is -0.137. The van der Waals surface area contributed by atoms with Crippen LogP contribution in [0.2, 0.25) is 5.15 Å². The monoisotopic (exact) mass is 373 g/mol. The molecule has 2 heterocycles. The van der Waals surface area contributed by atoms with E-state index in [9.17, 15) is 13.2 Å². The van der Waals surface area contributed by atoms with Crippen LogP contribution < -0.4 is 4.90 Å². The third-order valence-corrected chi connectivity index (χ3v) is 5.58. The second-order valence-corrected chi connectivity index (χ2v) is 7.67. The van der Waals surface area contributed by atoms with E-state index in [0.29, 0.717) is 4.47 Å². The highest BCUT2D eigenvalue weighted by Gasteiger charge is 2.39. The molecule has 1 aliphatic heterocycles. The SMILES string of the molecule is O=C1CC(S(=O)(=O)Cl)CN1c1ncnc(Cl)c1Br. The number of halogens is 3. The Hall–Kier alpha value is -0.440. The first-order valence-electron chi connectivity index (χ1n) is 4.70. The van der Waals surface area contributed by atoms with Crippen molar-refractivity contribution in [1.82, 2.24) is 9.97 Å². The summed E-state index contributed by atoms with van der Waals surface area (Å²) in [4.78, 5) is 20.6. The Balaban J connectivity index is 2.36. The standard InChI is InChI=1S/C8H6BrCl2N3O3S/c9-6-7(10)12-3-13-8(6)14-2-4(1-5(14)15)18(11,16)17/h3-4H,1-2H2. The quantitative estimate of drug-likeness (QED) is 0.579. The molecule has 1 fully saturated rings. The molecular weight excluding hydrogens is 369 g/mol. The molecule has 1 aliphatic rings. The van der Waals surface area contributed by atoms with Gasteiger partial charge >= 0.3 is 0 Å². The van der Waals surface area contributed by atoms with Crippen LogP contribution in [0.15, 0.2) is 10.8 Å². The highest BCUT2D eigenvalue weighted by atomic mass is 79.9. The van der Waals surface area contributed by atoms with Crippen LogP contribution in [0.25, 0.3) is 0 Å². The lowest BCUT2D eigenvalue weighted by atomic mass is 10.4. The summed E-state index contributed by atoms with van der Waals surface area (Å²) in [7, 11) is 1.47. The Morgan fingerprint density at radius 2 is 2.11 bits per heavy atom. The zero-order valence-electron chi connectivity index (χ0n) is 8.68. The minimum atomic E-state index is -3.78. The highest BCUT2D eigenvalue weighted by molar-refractivity contribution is 9.10. The van der Waals surface area contributed by atoms with Gasteiger partial charge in [0.2, 0.25) is 15.0 Å². The van der Waals surface area contributed by atoms with E-state index in [1.54, 1.807) is 0 Å². The van der Waals surface area contributed by atoms with E-state index in [2.05, 4.69) is 25.9 Å². The van der Waals surface area contributed by atoms with Crippen molar-refractivity contribution in [3.8, 4) is 0 Å². The van der Waals surface area contributed by atoms with Gasteiger partial charge in [-0.3, -0.25) is 9.69 Å². The maximum absolute atomic E-state index is 11.8. The number of hydrogen-bond donors (Lipinski definition) is 0. The summed E-state index contributed by atoms with van der Waals surface area (Å²) in [5.41, 5.74) is 0. The van der Waals surface area contributed by atoms with Gasteiger partial charge in [0.25, 0.3) is 0 Å². The van der Waals surface area contributed by atoms with E-state index in [0.717, 1.165) is 0 Å². The molecule has 0 bridgehead atoms. The fourth-order valence-electron chi connectivity index (χ4n) is 1.60. The van der Waals surface area contributed by atoms with Crippen molar-refractivity contribution in [2.75, 3.05) is 11.4 Å². The molecule has 6 nitrogen and oxygen atoms in total. The zero-order chi connectivity index (χ0) is 13.5. The van der Waals surface area contributed by atoms with Crippen LogP contribution in [0.3, 0.4) is 0 Å². The molecule has 10 heteroatoms. The number of aromatic nitrogens is 2. The summed E-state index contributed by atoms with van der Waals surface area (Å²) < 4.78 is 22.8. The second-order valence-electron chi connectivity index (χ2n) is 3.61. The van der Waals surface area contributed by atoms with Crippen molar-refractivity contribution >= 4 is 59.0 Å². The van der Waals surface area contributed by atoms with E-state index >= 15 is 0 Å². The summed E-state index contributed by atoms with van der Waals surface area (Å²) in [6.45, 7) is -0.0450. The first kappa shape index (κ1) is 14.0. The van der Waals surface area contributed by atoms with Gasteiger partial charge in [-0.15, -0.1) is 0 Å². The number of carbonyl (C=O) groups is 1. The molecule has 0 N–H and O–H groups in total. The molecule has 0 radical (unpaired) electrons. The van der Waals surface area contributed by atoms with Gasteiger partial charge in [0.15, 0.2) is 5.82 Å². The number of nitrogens with zero attached hydrogens (tertiary/aromatic N) is 3. The zero-order valence-corrected chi connectivity index (χ0v) is 12.6. The van der Waals surface area contributed by atoms with Crippen LogP contribution in [0, 0.1) is 0 Å². The van der Waals surface area contributed by atoms with Gasteiger partial charge in [-0.05, 0) is 15.9 Å². The first-order chi connectivity index (χ1) is 8.30.